The molecule has 1 heterocycles. The number of rotatable bonds is 3. The van der Waals surface area contributed by atoms with Gasteiger partial charge >= 0.3 is 6.09 Å². The van der Waals surface area contributed by atoms with E-state index in [1.54, 1.807) is 0 Å². The number of amides is 1. The minimum Gasteiger partial charge on any atom is -0.444 e. The van der Waals surface area contributed by atoms with Crippen molar-refractivity contribution < 1.29 is 9.53 Å². The minimum absolute atomic E-state index is 0.188. The lowest BCUT2D eigenvalue weighted by atomic mass is 9.86. The molecule has 4 nitrogen and oxygen atoms in total. The average molecular weight is 282 g/mol. The van der Waals surface area contributed by atoms with E-state index >= 15 is 0 Å². The Morgan fingerprint density at radius 1 is 1.25 bits per heavy atom. The second-order valence-corrected chi connectivity index (χ2v) is 7.42. The van der Waals surface area contributed by atoms with Crippen LogP contribution in [0, 0.1) is 5.92 Å². The van der Waals surface area contributed by atoms with Crippen molar-refractivity contribution in [2.45, 2.75) is 77.5 Å². The largest absolute Gasteiger partial charge is 0.444 e. The minimum atomic E-state index is -0.422. The van der Waals surface area contributed by atoms with Gasteiger partial charge in [-0.15, -0.1) is 0 Å². The number of piperidine rings is 1. The van der Waals surface area contributed by atoms with Crippen LogP contribution in [0.3, 0.4) is 0 Å². The van der Waals surface area contributed by atoms with Crippen LogP contribution in [0.5, 0.6) is 0 Å². The summed E-state index contributed by atoms with van der Waals surface area (Å²) in [6, 6.07) is 0.999. The summed E-state index contributed by atoms with van der Waals surface area (Å²) in [5, 5.41) is 3.01. The number of carbonyl (C=O) groups excluding carboxylic acids is 1. The van der Waals surface area contributed by atoms with Crippen molar-refractivity contribution in [3.05, 3.63) is 0 Å². The van der Waals surface area contributed by atoms with Gasteiger partial charge in [0.1, 0.15) is 5.60 Å². The van der Waals surface area contributed by atoms with Gasteiger partial charge in [-0.05, 0) is 65.8 Å². The van der Waals surface area contributed by atoms with E-state index in [0.29, 0.717) is 5.92 Å². The zero-order chi connectivity index (χ0) is 14.8. The highest BCUT2D eigenvalue weighted by Crippen LogP contribution is 2.30. The fourth-order valence-electron chi connectivity index (χ4n) is 3.14. The molecule has 0 unspecified atom stereocenters. The summed E-state index contributed by atoms with van der Waals surface area (Å²) < 4.78 is 5.34. The first-order chi connectivity index (χ1) is 9.35. The van der Waals surface area contributed by atoms with E-state index in [9.17, 15) is 4.79 Å². The molecule has 2 fully saturated rings. The zero-order valence-electron chi connectivity index (χ0n) is 13.4. The fourth-order valence-corrected chi connectivity index (χ4v) is 3.14. The maximum atomic E-state index is 11.8. The Kier molecular flexibility index (Phi) is 4.95. The van der Waals surface area contributed by atoms with E-state index in [1.165, 1.54) is 38.6 Å². The van der Waals surface area contributed by atoms with Crippen molar-refractivity contribution in [2.75, 3.05) is 13.1 Å². The third kappa shape index (κ3) is 4.37. The predicted molar refractivity (Wildman–Crippen MR) is 80.8 cm³/mol. The lowest BCUT2D eigenvalue weighted by Crippen LogP contribution is -2.51. The molecular formula is C16H30N2O2. The van der Waals surface area contributed by atoms with Crippen LogP contribution in [0.1, 0.15) is 59.8 Å². The van der Waals surface area contributed by atoms with E-state index in [1.807, 2.05) is 20.8 Å². The van der Waals surface area contributed by atoms with Gasteiger partial charge in [-0.1, -0.05) is 6.42 Å². The lowest BCUT2D eigenvalue weighted by molar-refractivity contribution is 0.0410. The molecule has 0 aromatic heterocycles. The number of nitrogens with zero attached hydrogens (tertiary/aromatic N) is 1. The second kappa shape index (κ2) is 6.33. The summed E-state index contributed by atoms with van der Waals surface area (Å²) in [6.45, 7) is 10.2. The smallest absolute Gasteiger partial charge is 0.407 e. The molecule has 0 radical (unpaired) electrons. The lowest BCUT2D eigenvalue weighted by Gasteiger charge is -2.43. The Hall–Kier alpha value is -0.770. The molecule has 1 amide bonds. The number of hydrogen-bond donors (Lipinski definition) is 1. The summed E-state index contributed by atoms with van der Waals surface area (Å²) in [5.74, 6) is 0.553. The molecule has 0 aromatic rings. The second-order valence-electron chi connectivity index (χ2n) is 7.42. The standard InChI is InChI=1S/C16H30N2O2/c1-12(17-15(19)20-16(2,3)4)13-7-6-10-18(11-13)14-8-5-9-14/h12-14H,5-11H2,1-4H3,(H,17,19)/t12-,13-/m0/s1. The normalized spacial score (nSPS) is 26.7. The first kappa shape index (κ1) is 15.6. The molecule has 20 heavy (non-hydrogen) atoms. The number of ether oxygens (including phenoxy) is 1. The number of likely N-dealkylation sites (tertiary alicyclic amines) is 1. The van der Waals surface area contributed by atoms with Gasteiger partial charge < -0.3 is 15.0 Å². The highest BCUT2D eigenvalue weighted by Gasteiger charge is 2.32. The van der Waals surface area contributed by atoms with Gasteiger partial charge in [0.25, 0.3) is 0 Å². The summed E-state index contributed by atoms with van der Waals surface area (Å²) in [7, 11) is 0. The number of hydrogen-bond acceptors (Lipinski definition) is 3. The summed E-state index contributed by atoms with van der Waals surface area (Å²) >= 11 is 0. The van der Waals surface area contributed by atoms with Gasteiger partial charge in [0.2, 0.25) is 0 Å². The van der Waals surface area contributed by atoms with E-state index in [2.05, 4.69) is 17.1 Å². The van der Waals surface area contributed by atoms with Gasteiger partial charge in [0.05, 0.1) is 0 Å². The number of alkyl carbamates (subject to hydrolysis) is 1. The molecule has 0 bridgehead atoms. The molecular weight excluding hydrogens is 252 g/mol. The van der Waals surface area contributed by atoms with Crippen LogP contribution in [0.2, 0.25) is 0 Å². The highest BCUT2D eigenvalue weighted by atomic mass is 16.6. The zero-order valence-corrected chi connectivity index (χ0v) is 13.4. The third-order valence-electron chi connectivity index (χ3n) is 4.53. The van der Waals surface area contributed by atoms with Gasteiger partial charge in [-0.2, -0.15) is 0 Å². The van der Waals surface area contributed by atoms with E-state index in [0.717, 1.165) is 12.6 Å². The van der Waals surface area contributed by atoms with Gasteiger partial charge in [-0.3, -0.25) is 0 Å². The van der Waals surface area contributed by atoms with E-state index < -0.39 is 5.60 Å². The Bertz CT molecular complexity index is 334. The first-order valence-electron chi connectivity index (χ1n) is 8.09. The van der Waals surface area contributed by atoms with Crippen LogP contribution in [0.25, 0.3) is 0 Å². The third-order valence-corrected chi connectivity index (χ3v) is 4.53. The Morgan fingerprint density at radius 2 is 1.95 bits per heavy atom. The van der Waals surface area contributed by atoms with Crippen LogP contribution >= 0.6 is 0 Å². The predicted octanol–water partition coefficient (Wildman–Crippen LogP) is 3.16. The maximum absolute atomic E-state index is 11.8. The monoisotopic (exact) mass is 282 g/mol. The van der Waals surface area contributed by atoms with Crippen LogP contribution in [-0.4, -0.2) is 41.8 Å². The van der Waals surface area contributed by atoms with Gasteiger partial charge in [0.15, 0.2) is 0 Å². The van der Waals surface area contributed by atoms with Crippen molar-refractivity contribution in [1.82, 2.24) is 10.2 Å². The molecule has 1 aliphatic heterocycles. The van der Waals surface area contributed by atoms with Crippen LogP contribution in [0.15, 0.2) is 0 Å². The Labute approximate surface area is 123 Å². The number of nitrogens with one attached hydrogen (secondary N) is 1. The maximum Gasteiger partial charge on any atom is 0.407 e. The molecule has 1 saturated carbocycles. The molecule has 2 aliphatic rings. The Morgan fingerprint density at radius 3 is 2.50 bits per heavy atom. The van der Waals surface area contributed by atoms with Crippen molar-refractivity contribution >= 4 is 6.09 Å². The number of carbonyl (C=O) groups is 1. The van der Waals surface area contributed by atoms with Crippen molar-refractivity contribution in [3.8, 4) is 0 Å². The molecule has 0 aromatic carbocycles. The molecule has 1 saturated heterocycles. The van der Waals surface area contributed by atoms with Crippen molar-refractivity contribution in [3.63, 3.8) is 0 Å². The molecule has 0 spiro atoms. The first-order valence-corrected chi connectivity index (χ1v) is 8.09. The van der Waals surface area contributed by atoms with Crippen molar-refractivity contribution in [1.29, 1.82) is 0 Å². The quantitative estimate of drug-likeness (QED) is 0.864. The van der Waals surface area contributed by atoms with E-state index in [-0.39, 0.29) is 12.1 Å². The SMILES string of the molecule is C[C@H](NC(=O)OC(C)(C)C)[C@H]1CCCN(C2CCC2)C1. The van der Waals surface area contributed by atoms with Crippen LogP contribution in [-0.2, 0) is 4.74 Å². The Balaban J connectivity index is 1.79. The summed E-state index contributed by atoms with van der Waals surface area (Å²) in [4.78, 5) is 14.5. The highest BCUT2D eigenvalue weighted by molar-refractivity contribution is 5.68. The van der Waals surface area contributed by atoms with Gasteiger partial charge in [-0.25, -0.2) is 4.79 Å². The molecule has 2 rings (SSSR count). The molecule has 4 heteroatoms. The summed E-state index contributed by atoms with van der Waals surface area (Å²) in [6.07, 6.45) is 6.28. The van der Waals surface area contributed by atoms with E-state index in [4.69, 9.17) is 4.74 Å². The van der Waals surface area contributed by atoms with Crippen LogP contribution in [0.4, 0.5) is 4.79 Å². The van der Waals surface area contributed by atoms with Crippen LogP contribution < -0.4 is 5.32 Å². The van der Waals surface area contributed by atoms with Crippen molar-refractivity contribution in [2.24, 2.45) is 5.92 Å². The fraction of sp³-hybridized carbons (Fsp3) is 0.938. The molecule has 1 N–H and O–H groups in total. The topological polar surface area (TPSA) is 41.6 Å². The summed E-state index contributed by atoms with van der Waals surface area (Å²) in [5.41, 5.74) is -0.422. The van der Waals surface area contributed by atoms with Gasteiger partial charge in [0, 0.05) is 18.6 Å². The molecule has 2 atom stereocenters. The molecule has 116 valence electrons. The molecule has 1 aliphatic carbocycles. The average Bonchev–Trinajstić information content (AvgIpc) is 2.24.